The third kappa shape index (κ3) is 1.71. The molecule has 3 aliphatic carbocycles. The van der Waals surface area contributed by atoms with Crippen molar-refractivity contribution in [3.8, 4) is 5.75 Å². The standard InChI is InChI=1S/C22H31NO/c1-5-16-17-10-11-21(3)19-13-15(24-4)8-7-14(19)9-12-22(21,20(17)23)18(16)6-2/h7-8,13,17,20H,5-6,9-12,23H2,1-4H3/t17-,20-,21+,22+/m1/s1. The Morgan fingerprint density at radius 1 is 1.21 bits per heavy atom. The molecule has 1 spiro atoms. The lowest BCUT2D eigenvalue weighted by Crippen LogP contribution is -2.60. The van der Waals surface area contributed by atoms with Crippen molar-refractivity contribution >= 4 is 0 Å². The van der Waals surface area contributed by atoms with Crippen molar-refractivity contribution < 1.29 is 4.74 Å². The Hall–Kier alpha value is -1.28. The molecule has 0 unspecified atom stereocenters. The Kier molecular flexibility index (Phi) is 3.62. The lowest BCUT2D eigenvalue weighted by Gasteiger charge is -2.58. The van der Waals surface area contributed by atoms with Crippen LogP contribution in [0.5, 0.6) is 5.75 Å². The fourth-order valence-electron chi connectivity index (χ4n) is 6.73. The quantitative estimate of drug-likeness (QED) is 0.814. The molecule has 24 heavy (non-hydrogen) atoms. The number of fused-ring (bicyclic) bond motifs is 3. The summed E-state index contributed by atoms with van der Waals surface area (Å²) in [5, 5.41) is 0. The van der Waals surface area contributed by atoms with Gasteiger partial charge in [-0.1, -0.05) is 38.0 Å². The fourth-order valence-corrected chi connectivity index (χ4v) is 6.73. The van der Waals surface area contributed by atoms with E-state index in [1.807, 2.05) is 0 Å². The molecule has 2 heteroatoms. The third-order valence-corrected chi connectivity index (χ3v) is 7.75. The first-order chi connectivity index (χ1) is 11.5. The van der Waals surface area contributed by atoms with Crippen LogP contribution < -0.4 is 10.5 Å². The average molecular weight is 325 g/mol. The SMILES string of the molecule is CCC1=C(CC)[C@]23CCc4ccc(OC)cc4[C@]2(C)CC[C@H]1[C@H]3N. The lowest BCUT2D eigenvalue weighted by molar-refractivity contribution is 0.0550. The average Bonchev–Trinajstić information content (AvgIpc) is 2.76. The van der Waals surface area contributed by atoms with E-state index in [1.54, 1.807) is 18.3 Å². The van der Waals surface area contributed by atoms with Crippen molar-refractivity contribution in [1.82, 2.24) is 0 Å². The molecule has 0 radical (unpaired) electrons. The van der Waals surface area contributed by atoms with Crippen LogP contribution in [0.1, 0.15) is 64.0 Å². The summed E-state index contributed by atoms with van der Waals surface area (Å²) in [6, 6.07) is 7.00. The predicted octanol–water partition coefficient (Wildman–Crippen LogP) is 4.75. The number of methoxy groups -OCH3 is 1. The highest BCUT2D eigenvalue weighted by molar-refractivity contribution is 5.52. The van der Waals surface area contributed by atoms with Crippen molar-refractivity contribution in [2.24, 2.45) is 17.1 Å². The van der Waals surface area contributed by atoms with E-state index in [0.29, 0.717) is 12.0 Å². The number of hydrogen-bond acceptors (Lipinski definition) is 2. The van der Waals surface area contributed by atoms with Crippen molar-refractivity contribution in [2.45, 2.75) is 70.8 Å². The van der Waals surface area contributed by atoms with Gasteiger partial charge in [-0.3, -0.25) is 0 Å². The normalized spacial score (nSPS) is 37.2. The van der Waals surface area contributed by atoms with Gasteiger partial charge in [-0.25, -0.2) is 0 Å². The van der Waals surface area contributed by atoms with Crippen LogP contribution >= 0.6 is 0 Å². The number of ether oxygens (including phenoxy) is 1. The second-order valence-electron chi connectivity index (χ2n) is 8.21. The zero-order chi connectivity index (χ0) is 17.1. The van der Waals surface area contributed by atoms with Crippen molar-refractivity contribution in [3.63, 3.8) is 0 Å². The summed E-state index contributed by atoms with van der Waals surface area (Å²) in [7, 11) is 1.77. The minimum absolute atomic E-state index is 0.146. The molecule has 0 amide bonds. The topological polar surface area (TPSA) is 35.2 Å². The molecule has 1 saturated carbocycles. The fraction of sp³-hybridized carbons (Fsp3) is 0.636. The summed E-state index contributed by atoms with van der Waals surface area (Å²) in [5.41, 5.74) is 13.7. The molecule has 4 atom stereocenters. The summed E-state index contributed by atoms with van der Waals surface area (Å²) in [6.45, 7) is 7.16. The molecular formula is C22H31NO. The molecule has 0 saturated heterocycles. The van der Waals surface area contributed by atoms with E-state index in [4.69, 9.17) is 10.5 Å². The second kappa shape index (κ2) is 5.36. The molecule has 0 heterocycles. The molecule has 2 bridgehead atoms. The van der Waals surface area contributed by atoms with Gasteiger partial charge in [0.15, 0.2) is 0 Å². The Bertz CT molecular complexity index is 706. The van der Waals surface area contributed by atoms with Gasteiger partial charge in [0, 0.05) is 16.9 Å². The van der Waals surface area contributed by atoms with Crippen LogP contribution in [0.2, 0.25) is 0 Å². The third-order valence-electron chi connectivity index (χ3n) is 7.75. The molecule has 1 aromatic rings. The molecular weight excluding hydrogens is 294 g/mol. The van der Waals surface area contributed by atoms with Crippen LogP contribution in [0.4, 0.5) is 0 Å². The highest BCUT2D eigenvalue weighted by Gasteiger charge is 2.64. The first-order valence-electron chi connectivity index (χ1n) is 9.68. The van der Waals surface area contributed by atoms with Crippen molar-refractivity contribution in [2.75, 3.05) is 7.11 Å². The van der Waals surface area contributed by atoms with Gasteiger partial charge in [0.25, 0.3) is 0 Å². The van der Waals surface area contributed by atoms with E-state index >= 15 is 0 Å². The lowest BCUT2D eigenvalue weighted by atomic mass is 9.46. The molecule has 1 fully saturated rings. The van der Waals surface area contributed by atoms with E-state index in [1.165, 1.54) is 36.8 Å². The Balaban J connectivity index is 1.97. The highest BCUT2D eigenvalue weighted by atomic mass is 16.5. The smallest absolute Gasteiger partial charge is 0.119 e. The highest BCUT2D eigenvalue weighted by Crippen LogP contribution is 2.68. The van der Waals surface area contributed by atoms with Gasteiger partial charge in [-0.15, -0.1) is 0 Å². The summed E-state index contributed by atoms with van der Waals surface area (Å²) in [6.07, 6.45) is 7.18. The van der Waals surface area contributed by atoms with E-state index < -0.39 is 0 Å². The van der Waals surface area contributed by atoms with Crippen molar-refractivity contribution in [1.29, 1.82) is 0 Å². The van der Waals surface area contributed by atoms with Crippen LogP contribution in [0.3, 0.4) is 0 Å². The van der Waals surface area contributed by atoms with Gasteiger partial charge < -0.3 is 10.5 Å². The minimum atomic E-state index is 0.146. The maximum Gasteiger partial charge on any atom is 0.119 e. The van der Waals surface area contributed by atoms with E-state index in [-0.39, 0.29) is 10.8 Å². The maximum atomic E-state index is 7.00. The molecule has 2 N–H and O–H groups in total. The molecule has 0 aliphatic heterocycles. The monoisotopic (exact) mass is 325 g/mol. The zero-order valence-electron chi connectivity index (χ0n) is 15.6. The van der Waals surface area contributed by atoms with Crippen LogP contribution in [0, 0.1) is 11.3 Å². The molecule has 1 aromatic carbocycles. The second-order valence-corrected chi connectivity index (χ2v) is 8.21. The van der Waals surface area contributed by atoms with Crippen molar-refractivity contribution in [3.05, 3.63) is 40.5 Å². The predicted molar refractivity (Wildman–Crippen MR) is 99.4 cm³/mol. The first-order valence-corrected chi connectivity index (χ1v) is 9.68. The molecule has 2 nitrogen and oxygen atoms in total. The van der Waals surface area contributed by atoms with Crippen LogP contribution in [0.15, 0.2) is 29.3 Å². The van der Waals surface area contributed by atoms with Crippen LogP contribution in [0.25, 0.3) is 0 Å². The Morgan fingerprint density at radius 2 is 2.00 bits per heavy atom. The number of aryl methyl sites for hydroxylation is 1. The van der Waals surface area contributed by atoms with Gasteiger partial charge in [-0.05, 0) is 67.7 Å². The summed E-state index contributed by atoms with van der Waals surface area (Å²) >= 11 is 0. The van der Waals surface area contributed by atoms with E-state index in [9.17, 15) is 0 Å². The van der Waals surface area contributed by atoms with Gasteiger partial charge in [0.05, 0.1) is 7.11 Å². The molecule has 4 rings (SSSR count). The Labute approximate surface area is 146 Å². The first kappa shape index (κ1) is 16.2. The van der Waals surface area contributed by atoms with E-state index in [2.05, 4.69) is 39.0 Å². The number of benzene rings is 1. The largest absolute Gasteiger partial charge is 0.497 e. The molecule has 130 valence electrons. The molecule has 3 aliphatic rings. The summed E-state index contributed by atoms with van der Waals surface area (Å²) in [4.78, 5) is 0. The van der Waals surface area contributed by atoms with Crippen LogP contribution in [-0.4, -0.2) is 13.2 Å². The summed E-state index contributed by atoms with van der Waals surface area (Å²) < 4.78 is 5.56. The number of hydrogen-bond donors (Lipinski definition) is 1. The Morgan fingerprint density at radius 3 is 2.67 bits per heavy atom. The summed E-state index contributed by atoms with van der Waals surface area (Å²) in [5.74, 6) is 1.60. The zero-order valence-corrected chi connectivity index (χ0v) is 15.6. The van der Waals surface area contributed by atoms with Gasteiger partial charge in [0.2, 0.25) is 0 Å². The van der Waals surface area contributed by atoms with E-state index in [0.717, 1.165) is 18.6 Å². The van der Waals surface area contributed by atoms with Gasteiger partial charge in [-0.2, -0.15) is 0 Å². The maximum absolute atomic E-state index is 7.00. The minimum Gasteiger partial charge on any atom is -0.497 e. The van der Waals surface area contributed by atoms with Crippen LogP contribution in [-0.2, 0) is 11.8 Å². The van der Waals surface area contributed by atoms with Gasteiger partial charge in [0.1, 0.15) is 5.75 Å². The van der Waals surface area contributed by atoms with Gasteiger partial charge >= 0.3 is 0 Å². The number of nitrogens with two attached hydrogens (primary N) is 1. The number of rotatable bonds is 3. The molecule has 0 aromatic heterocycles.